The monoisotopic (exact) mass is 402 g/mol. The van der Waals surface area contributed by atoms with Gasteiger partial charge in [-0.15, -0.1) is 0 Å². The molecule has 1 aromatic heterocycles. The summed E-state index contributed by atoms with van der Waals surface area (Å²) in [4.78, 5) is 4.42. The van der Waals surface area contributed by atoms with Crippen LogP contribution in [0, 0.1) is 5.82 Å². The number of thioether (sulfide) groups is 1. The van der Waals surface area contributed by atoms with Crippen LogP contribution < -0.4 is 21.3 Å². The number of hydrogen-bond acceptors (Lipinski definition) is 6. The minimum Gasteiger partial charge on any atom is -0.392 e. The summed E-state index contributed by atoms with van der Waals surface area (Å²) in [6, 6.07) is 7.13. The normalized spacial score (nSPS) is 23.0. The molecule has 0 bridgehead atoms. The molecule has 2 atom stereocenters. The van der Waals surface area contributed by atoms with Gasteiger partial charge in [0.25, 0.3) is 0 Å². The number of nitrogens with zero attached hydrogens (tertiary/aromatic N) is 4. The van der Waals surface area contributed by atoms with Crippen molar-refractivity contribution < 1.29 is 4.39 Å². The minimum atomic E-state index is -0.247. The van der Waals surface area contributed by atoms with Crippen molar-refractivity contribution in [1.29, 1.82) is 0 Å². The van der Waals surface area contributed by atoms with Crippen LogP contribution in [0.25, 0.3) is 0 Å². The molecule has 0 radical (unpaired) electrons. The number of aromatic nitrogens is 2. The van der Waals surface area contributed by atoms with E-state index in [0.717, 1.165) is 50.4 Å². The summed E-state index contributed by atoms with van der Waals surface area (Å²) < 4.78 is 16.5. The van der Waals surface area contributed by atoms with Crippen LogP contribution in [0.3, 0.4) is 0 Å². The highest BCUT2D eigenvalue weighted by Gasteiger charge is 2.33. The SMILES string of the molecule is CCn1ncc(N2C=C(N)S[C@@H]2c2ccccc2F)c1N1CCCC(N)CC1. The molecule has 1 unspecified atom stereocenters. The Labute approximate surface area is 169 Å². The molecule has 8 heteroatoms. The Balaban J connectivity index is 1.73. The first kappa shape index (κ1) is 19.1. The molecule has 1 fully saturated rings. The molecule has 0 spiro atoms. The maximum atomic E-state index is 14.5. The molecule has 28 heavy (non-hydrogen) atoms. The number of hydrogen-bond donors (Lipinski definition) is 2. The van der Waals surface area contributed by atoms with Crippen LogP contribution in [-0.2, 0) is 6.54 Å². The standard InChI is InChI=1S/C20H27FN6S/c1-2-27-19(25-10-5-6-14(22)9-11-25)17(12-24-27)26-13-18(23)28-20(26)15-7-3-4-8-16(15)21/h3-4,7-8,12-14,20H,2,5-6,9-11,22-23H2,1H3/t14?,20-/m1/s1. The predicted octanol–water partition coefficient (Wildman–Crippen LogP) is 3.37. The van der Waals surface area contributed by atoms with Gasteiger partial charge in [-0.3, -0.25) is 0 Å². The van der Waals surface area contributed by atoms with Gasteiger partial charge in [-0.2, -0.15) is 5.10 Å². The largest absolute Gasteiger partial charge is 0.392 e. The van der Waals surface area contributed by atoms with Crippen LogP contribution in [-0.4, -0.2) is 28.9 Å². The molecule has 1 aromatic carbocycles. The summed E-state index contributed by atoms with van der Waals surface area (Å²) in [6.07, 6.45) is 6.81. The molecule has 6 nitrogen and oxygen atoms in total. The predicted molar refractivity (Wildman–Crippen MR) is 113 cm³/mol. The molecule has 2 aliphatic heterocycles. The van der Waals surface area contributed by atoms with Crippen LogP contribution in [0.2, 0.25) is 0 Å². The fourth-order valence-corrected chi connectivity index (χ4v) is 4.99. The van der Waals surface area contributed by atoms with E-state index in [4.69, 9.17) is 11.5 Å². The average Bonchev–Trinajstić information content (AvgIpc) is 3.21. The molecule has 0 saturated carbocycles. The maximum Gasteiger partial charge on any atom is 0.151 e. The zero-order valence-corrected chi connectivity index (χ0v) is 16.9. The van der Waals surface area contributed by atoms with Crippen LogP contribution in [0.15, 0.2) is 41.7 Å². The highest BCUT2D eigenvalue weighted by molar-refractivity contribution is 8.03. The van der Waals surface area contributed by atoms with E-state index in [9.17, 15) is 4.39 Å². The Morgan fingerprint density at radius 1 is 1.25 bits per heavy atom. The summed E-state index contributed by atoms with van der Waals surface area (Å²) in [5.74, 6) is 0.836. The number of anilines is 2. The zero-order chi connectivity index (χ0) is 19.7. The molecule has 150 valence electrons. The van der Waals surface area contributed by atoms with E-state index >= 15 is 0 Å². The molecular formula is C20H27FN6S. The second kappa shape index (κ2) is 8.05. The lowest BCUT2D eigenvalue weighted by Crippen LogP contribution is -2.30. The van der Waals surface area contributed by atoms with Crippen LogP contribution in [0.4, 0.5) is 15.9 Å². The third kappa shape index (κ3) is 3.58. The van der Waals surface area contributed by atoms with Gasteiger partial charge in [0.05, 0.1) is 11.2 Å². The lowest BCUT2D eigenvalue weighted by atomic mass is 10.1. The van der Waals surface area contributed by atoms with Gasteiger partial charge in [0, 0.05) is 37.4 Å². The number of nitrogens with two attached hydrogens (primary N) is 2. The fourth-order valence-electron chi connectivity index (χ4n) is 3.95. The second-order valence-electron chi connectivity index (χ2n) is 7.28. The molecular weight excluding hydrogens is 375 g/mol. The van der Waals surface area contributed by atoms with Gasteiger partial charge < -0.3 is 21.3 Å². The number of benzene rings is 1. The third-order valence-corrected chi connectivity index (χ3v) is 6.46. The number of halogens is 1. The van der Waals surface area contributed by atoms with Crippen molar-refractivity contribution in [2.24, 2.45) is 11.5 Å². The maximum absolute atomic E-state index is 14.5. The molecule has 4 N–H and O–H groups in total. The van der Waals surface area contributed by atoms with Crippen LogP contribution in [0.1, 0.15) is 37.1 Å². The van der Waals surface area contributed by atoms with Crippen molar-refractivity contribution in [1.82, 2.24) is 9.78 Å². The van der Waals surface area contributed by atoms with Gasteiger partial charge in [0.2, 0.25) is 0 Å². The number of rotatable bonds is 4. The van der Waals surface area contributed by atoms with Crippen LogP contribution >= 0.6 is 11.8 Å². The summed E-state index contributed by atoms with van der Waals surface area (Å²) >= 11 is 1.46. The Morgan fingerprint density at radius 2 is 2.07 bits per heavy atom. The van der Waals surface area contributed by atoms with E-state index < -0.39 is 0 Å². The van der Waals surface area contributed by atoms with Crippen molar-refractivity contribution in [3.05, 3.63) is 53.1 Å². The highest BCUT2D eigenvalue weighted by Crippen LogP contribution is 2.47. The molecule has 3 heterocycles. The summed E-state index contributed by atoms with van der Waals surface area (Å²) in [6.45, 7) is 4.69. The van der Waals surface area contributed by atoms with Crippen molar-refractivity contribution in [3.63, 3.8) is 0 Å². The molecule has 2 aromatic rings. The summed E-state index contributed by atoms with van der Waals surface area (Å²) in [5.41, 5.74) is 13.9. The smallest absolute Gasteiger partial charge is 0.151 e. The van der Waals surface area contributed by atoms with Gasteiger partial charge >= 0.3 is 0 Å². The van der Waals surface area contributed by atoms with Gasteiger partial charge in [-0.1, -0.05) is 30.0 Å². The van der Waals surface area contributed by atoms with Gasteiger partial charge in [-0.25, -0.2) is 9.07 Å². The van der Waals surface area contributed by atoms with E-state index in [1.807, 2.05) is 29.2 Å². The van der Waals surface area contributed by atoms with Crippen molar-refractivity contribution >= 4 is 23.3 Å². The fraction of sp³-hybridized carbons (Fsp3) is 0.450. The van der Waals surface area contributed by atoms with Gasteiger partial charge in [0.15, 0.2) is 5.82 Å². The summed E-state index contributed by atoms with van der Waals surface area (Å²) in [7, 11) is 0. The minimum absolute atomic E-state index is 0.224. The lowest BCUT2D eigenvalue weighted by molar-refractivity contribution is 0.599. The van der Waals surface area contributed by atoms with E-state index in [-0.39, 0.29) is 17.2 Å². The third-order valence-electron chi connectivity index (χ3n) is 5.38. The van der Waals surface area contributed by atoms with E-state index in [2.05, 4.69) is 21.8 Å². The van der Waals surface area contributed by atoms with Gasteiger partial charge in [0.1, 0.15) is 16.9 Å². The topological polar surface area (TPSA) is 76.3 Å². The summed E-state index contributed by atoms with van der Waals surface area (Å²) in [5, 5.41) is 5.03. The molecule has 0 amide bonds. The Morgan fingerprint density at radius 3 is 2.86 bits per heavy atom. The lowest BCUT2D eigenvalue weighted by Gasteiger charge is -2.30. The first-order chi connectivity index (χ1) is 13.6. The zero-order valence-electron chi connectivity index (χ0n) is 16.1. The molecule has 4 rings (SSSR count). The number of aryl methyl sites for hydroxylation is 1. The van der Waals surface area contributed by atoms with E-state index in [0.29, 0.717) is 10.6 Å². The first-order valence-corrected chi connectivity index (χ1v) is 10.7. The Bertz CT molecular complexity index is 866. The van der Waals surface area contributed by atoms with Crippen LogP contribution in [0.5, 0.6) is 0 Å². The quantitative estimate of drug-likeness (QED) is 0.817. The molecule has 1 saturated heterocycles. The van der Waals surface area contributed by atoms with Crippen molar-refractivity contribution in [2.75, 3.05) is 22.9 Å². The average molecular weight is 403 g/mol. The van der Waals surface area contributed by atoms with Gasteiger partial charge in [-0.05, 0) is 32.3 Å². The first-order valence-electron chi connectivity index (χ1n) is 9.81. The van der Waals surface area contributed by atoms with Crippen molar-refractivity contribution in [2.45, 2.75) is 44.1 Å². The Hall–Kier alpha value is -2.19. The van der Waals surface area contributed by atoms with Crippen molar-refractivity contribution in [3.8, 4) is 0 Å². The van der Waals surface area contributed by atoms with E-state index in [1.165, 1.54) is 17.8 Å². The molecule has 0 aliphatic carbocycles. The highest BCUT2D eigenvalue weighted by atomic mass is 32.2. The molecule has 2 aliphatic rings. The Kier molecular flexibility index (Phi) is 5.50. The second-order valence-corrected chi connectivity index (χ2v) is 8.43. The van der Waals surface area contributed by atoms with E-state index in [1.54, 1.807) is 6.07 Å².